The Hall–Kier alpha value is -3.68. The Balaban J connectivity index is 1.93. The van der Waals surface area contributed by atoms with E-state index in [2.05, 4.69) is 10.6 Å². The summed E-state index contributed by atoms with van der Waals surface area (Å²) >= 11 is 0. The predicted molar refractivity (Wildman–Crippen MR) is 98.3 cm³/mol. The molecular weight excluding hydrogens is 336 g/mol. The van der Waals surface area contributed by atoms with Crippen LogP contribution in [0.5, 0.6) is 0 Å². The predicted octanol–water partition coefficient (Wildman–Crippen LogP) is 2.98. The van der Waals surface area contributed by atoms with Crippen LogP contribution in [0.1, 0.15) is 24.1 Å². The van der Waals surface area contributed by atoms with Gasteiger partial charge in [0.25, 0.3) is 5.69 Å². The molecule has 0 aliphatic heterocycles. The largest absolute Gasteiger partial charge is 0.351 e. The Labute approximate surface area is 149 Å². The fourth-order valence-corrected chi connectivity index (χ4v) is 2.22. The molecule has 0 saturated carbocycles. The number of non-ortho nitro benzene ring substituents is 1. The van der Waals surface area contributed by atoms with Crippen LogP contribution < -0.4 is 16.4 Å². The molecule has 8 heteroatoms. The van der Waals surface area contributed by atoms with Crippen LogP contribution in [0, 0.1) is 10.1 Å². The van der Waals surface area contributed by atoms with Gasteiger partial charge in [-0.15, -0.1) is 0 Å². The van der Waals surface area contributed by atoms with Gasteiger partial charge in [0.1, 0.15) is 0 Å². The van der Waals surface area contributed by atoms with E-state index < -0.39 is 11.0 Å². The molecule has 1 unspecified atom stereocenters. The number of hydrogen-bond acceptors (Lipinski definition) is 4. The highest BCUT2D eigenvalue weighted by Crippen LogP contribution is 2.16. The van der Waals surface area contributed by atoms with Crippen LogP contribution in [-0.2, 0) is 4.79 Å². The molecule has 3 amide bonds. The number of anilines is 1. The first kappa shape index (κ1) is 18.7. The van der Waals surface area contributed by atoms with Crippen molar-refractivity contribution < 1.29 is 14.5 Å². The molecule has 0 aliphatic carbocycles. The molecule has 134 valence electrons. The number of benzene rings is 2. The van der Waals surface area contributed by atoms with Crippen LogP contribution in [0.3, 0.4) is 0 Å². The van der Waals surface area contributed by atoms with Crippen molar-refractivity contribution >= 4 is 29.4 Å². The van der Waals surface area contributed by atoms with Crippen molar-refractivity contribution in [2.75, 3.05) is 5.32 Å². The highest BCUT2D eigenvalue weighted by molar-refractivity contribution is 5.92. The normalized spacial score (nSPS) is 11.7. The minimum atomic E-state index is -0.643. The Kier molecular flexibility index (Phi) is 6.05. The molecule has 2 rings (SSSR count). The average Bonchev–Trinajstić information content (AvgIpc) is 2.60. The van der Waals surface area contributed by atoms with Crippen LogP contribution in [-0.4, -0.2) is 16.9 Å². The van der Waals surface area contributed by atoms with E-state index in [0.29, 0.717) is 11.3 Å². The fraction of sp³-hybridized carbons (Fsp3) is 0.111. The minimum Gasteiger partial charge on any atom is -0.351 e. The van der Waals surface area contributed by atoms with Crippen molar-refractivity contribution in [1.82, 2.24) is 5.32 Å². The van der Waals surface area contributed by atoms with Gasteiger partial charge in [-0.1, -0.05) is 12.1 Å². The Morgan fingerprint density at radius 2 is 1.73 bits per heavy atom. The molecule has 0 heterocycles. The van der Waals surface area contributed by atoms with E-state index in [-0.39, 0.29) is 17.6 Å². The third kappa shape index (κ3) is 5.45. The van der Waals surface area contributed by atoms with E-state index in [9.17, 15) is 19.7 Å². The standard InChI is InChI=1S/C18H18N4O4/c1-12(14-5-7-15(8-6-14)21-18(19)24)20-17(23)11-4-13-2-9-16(10-3-13)22(25)26/h2-12H,1H3,(H,20,23)(H3,19,21,24)/b11-4+. The maximum Gasteiger partial charge on any atom is 0.316 e. The van der Waals surface area contributed by atoms with Gasteiger partial charge in [0.2, 0.25) is 5.91 Å². The van der Waals surface area contributed by atoms with Crippen LogP contribution in [0.4, 0.5) is 16.2 Å². The maximum atomic E-state index is 12.0. The molecule has 2 aromatic rings. The molecule has 0 saturated heterocycles. The van der Waals surface area contributed by atoms with Gasteiger partial charge in [-0.3, -0.25) is 14.9 Å². The van der Waals surface area contributed by atoms with Crippen molar-refractivity contribution in [3.63, 3.8) is 0 Å². The summed E-state index contributed by atoms with van der Waals surface area (Å²) in [5.41, 5.74) is 7.15. The zero-order chi connectivity index (χ0) is 19.1. The molecule has 0 bridgehead atoms. The quantitative estimate of drug-likeness (QED) is 0.418. The summed E-state index contributed by atoms with van der Waals surface area (Å²) in [4.78, 5) is 32.9. The molecular formula is C18H18N4O4. The van der Waals surface area contributed by atoms with Crippen molar-refractivity contribution in [2.24, 2.45) is 5.73 Å². The second-order valence-electron chi connectivity index (χ2n) is 5.52. The van der Waals surface area contributed by atoms with E-state index in [0.717, 1.165) is 5.56 Å². The van der Waals surface area contributed by atoms with Crippen molar-refractivity contribution in [3.8, 4) is 0 Å². The van der Waals surface area contributed by atoms with Gasteiger partial charge in [-0.05, 0) is 48.4 Å². The lowest BCUT2D eigenvalue weighted by Gasteiger charge is -2.13. The van der Waals surface area contributed by atoms with Crippen molar-refractivity contribution in [3.05, 3.63) is 75.8 Å². The lowest BCUT2D eigenvalue weighted by Crippen LogP contribution is -2.24. The SMILES string of the molecule is CC(NC(=O)/C=C/c1ccc([N+](=O)[O-])cc1)c1ccc(NC(N)=O)cc1. The summed E-state index contributed by atoms with van der Waals surface area (Å²) in [5, 5.41) is 15.9. The summed E-state index contributed by atoms with van der Waals surface area (Å²) in [6.45, 7) is 1.83. The highest BCUT2D eigenvalue weighted by atomic mass is 16.6. The van der Waals surface area contributed by atoms with Crippen LogP contribution >= 0.6 is 0 Å². The molecule has 0 spiro atoms. The van der Waals surface area contributed by atoms with Crippen molar-refractivity contribution in [1.29, 1.82) is 0 Å². The first-order valence-electron chi connectivity index (χ1n) is 7.74. The zero-order valence-electron chi connectivity index (χ0n) is 14.0. The van der Waals surface area contributed by atoms with E-state index in [1.165, 1.54) is 18.2 Å². The molecule has 8 nitrogen and oxygen atoms in total. The molecule has 26 heavy (non-hydrogen) atoms. The minimum absolute atomic E-state index is 0.00510. The number of primary amides is 1. The van der Waals surface area contributed by atoms with E-state index in [4.69, 9.17) is 5.73 Å². The summed E-state index contributed by atoms with van der Waals surface area (Å²) < 4.78 is 0. The monoisotopic (exact) mass is 354 g/mol. The molecule has 4 N–H and O–H groups in total. The molecule has 0 fully saturated rings. The zero-order valence-corrected chi connectivity index (χ0v) is 14.0. The fourth-order valence-electron chi connectivity index (χ4n) is 2.22. The lowest BCUT2D eigenvalue weighted by molar-refractivity contribution is -0.384. The van der Waals surface area contributed by atoms with Gasteiger partial charge in [-0.2, -0.15) is 0 Å². The summed E-state index contributed by atoms with van der Waals surface area (Å²) in [7, 11) is 0. The summed E-state index contributed by atoms with van der Waals surface area (Å²) in [5.74, 6) is -0.296. The Morgan fingerprint density at radius 1 is 1.12 bits per heavy atom. The second kappa shape index (κ2) is 8.43. The van der Waals surface area contributed by atoms with Gasteiger partial charge >= 0.3 is 6.03 Å². The number of hydrogen-bond donors (Lipinski definition) is 3. The van der Waals surface area contributed by atoms with Gasteiger partial charge < -0.3 is 16.4 Å². The summed E-state index contributed by atoms with van der Waals surface area (Å²) in [6.07, 6.45) is 2.94. The molecule has 1 atom stereocenters. The number of carbonyl (C=O) groups is 2. The smallest absolute Gasteiger partial charge is 0.316 e. The van der Waals surface area contributed by atoms with Crippen LogP contribution in [0.15, 0.2) is 54.6 Å². The lowest BCUT2D eigenvalue weighted by atomic mass is 10.1. The van der Waals surface area contributed by atoms with Crippen LogP contribution in [0.25, 0.3) is 6.08 Å². The molecule has 0 radical (unpaired) electrons. The molecule has 0 aliphatic rings. The number of urea groups is 1. The summed E-state index contributed by atoms with van der Waals surface area (Å²) in [6, 6.07) is 11.9. The third-order valence-corrected chi connectivity index (χ3v) is 3.57. The van der Waals surface area contributed by atoms with E-state index in [1.54, 1.807) is 42.5 Å². The second-order valence-corrected chi connectivity index (χ2v) is 5.52. The number of rotatable bonds is 6. The number of amides is 3. The maximum absolute atomic E-state index is 12.0. The van der Waals surface area contributed by atoms with Gasteiger partial charge in [0.15, 0.2) is 0 Å². The average molecular weight is 354 g/mol. The first-order chi connectivity index (χ1) is 12.3. The number of nitro groups is 1. The topological polar surface area (TPSA) is 127 Å². The third-order valence-electron chi connectivity index (χ3n) is 3.57. The van der Waals surface area contributed by atoms with Gasteiger partial charge in [0, 0.05) is 23.9 Å². The number of nitrogens with zero attached hydrogens (tertiary/aromatic N) is 1. The number of nitro benzene ring substituents is 1. The number of carbonyl (C=O) groups excluding carboxylic acids is 2. The Bertz CT molecular complexity index is 829. The van der Waals surface area contributed by atoms with E-state index >= 15 is 0 Å². The van der Waals surface area contributed by atoms with E-state index in [1.807, 2.05) is 6.92 Å². The van der Waals surface area contributed by atoms with Crippen molar-refractivity contribution in [2.45, 2.75) is 13.0 Å². The Morgan fingerprint density at radius 3 is 2.27 bits per heavy atom. The van der Waals surface area contributed by atoms with Crippen LogP contribution in [0.2, 0.25) is 0 Å². The molecule has 2 aromatic carbocycles. The first-order valence-corrected chi connectivity index (χ1v) is 7.74. The number of nitrogens with one attached hydrogen (secondary N) is 2. The molecule has 0 aromatic heterocycles. The van der Waals surface area contributed by atoms with Gasteiger partial charge in [-0.25, -0.2) is 4.79 Å². The number of nitrogens with two attached hydrogens (primary N) is 1. The van der Waals surface area contributed by atoms with Gasteiger partial charge in [0.05, 0.1) is 11.0 Å². The highest BCUT2D eigenvalue weighted by Gasteiger charge is 2.08.